The molecule has 2 rings (SSSR count). The van der Waals surface area contributed by atoms with Crippen LogP contribution in [0.5, 0.6) is 0 Å². The molecule has 0 radical (unpaired) electrons. The monoisotopic (exact) mass is 289 g/mol. The van der Waals surface area contributed by atoms with Gasteiger partial charge in [0.15, 0.2) is 5.96 Å². The van der Waals surface area contributed by atoms with Crippen molar-refractivity contribution >= 4 is 5.96 Å². The van der Waals surface area contributed by atoms with Crippen LogP contribution in [-0.2, 0) is 6.42 Å². The lowest BCUT2D eigenvalue weighted by molar-refractivity contribution is 0.273. The predicted molar refractivity (Wildman–Crippen MR) is 87.4 cm³/mol. The van der Waals surface area contributed by atoms with Gasteiger partial charge in [0.25, 0.3) is 0 Å². The van der Waals surface area contributed by atoms with Crippen LogP contribution in [0.2, 0.25) is 0 Å². The third-order valence-electron chi connectivity index (χ3n) is 4.07. The third kappa shape index (κ3) is 5.01. The summed E-state index contributed by atoms with van der Waals surface area (Å²) in [4.78, 5) is 11.2. The summed E-state index contributed by atoms with van der Waals surface area (Å²) >= 11 is 0. The molecular weight excluding hydrogens is 262 g/mol. The van der Waals surface area contributed by atoms with Crippen molar-refractivity contribution < 1.29 is 0 Å². The first-order valence-electron chi connectivity index (χ1n) is 7.88. The Balaban J connectivity index is 1.70. The maximum atomic E-state index is 5.93. The van der Waals surface area contributed by atoms with E-state index in [2.05, 4.69) is 33.2 Å². The number of hydrogen-bond acceptors (Lipinski definition) is 3. The lowest BCUT2D eigenvalue weighted by atomic mass is 10.2. The normalized spacial score (nSPS) is 19.9. The Kier molecular flexibility index (Phi) is 5.99. The number of likely N-dealkylation sites (tertiary alicyclic amines) is 1. The minimum Gasteiger partial charge on any atom is -0.370 e. The number of aryl methyl sites for hydroxylation is 1. The zero-order valence-electron chi connectivity index (χ0n) is 13.2. The molecule has 1 unspecified atom stereocenters. The van der Waals surface area contributed by atoms with Gasteiger partial charge in [0.1, 0.15) is 0 Å². The van der Waals surface area contributed by atoms with E-state index in [0.29, 0.717) is 12.0 Å². The molecule has 2 heterocycles. The minimum atomic E-state index is 0.554. The number of hydrogen-bond donors (Lipinski definition) is 2. The Morgan fingerprint density at radius 1 is 1.52 bits per heavy atom. The predicted octanol–water partition coefficient (Wildman–Crippen LogP) is 1.32. The van der Waals surface area contributed by atoms with Gasteiger partial charge in [0.05, 0.1) is 6.54 Å². The van der Waals surface area contributed by atoms with Crippen LogP contribution in [0.15, 0.2) is 23.3 Å². The fourth-order valence-electron chi connectivity index (χ4n) is 2.76. The van der Waals surface area contributed by atoms with E-state index in [9.17, 15) is 0 Å². The molecule has 1 atom stereocenters. The molecule has 1 fully saturated rings. The number of aromatic nitrogens is 1. The molecule has 5 heteroatoms. The van der Waals surface area contributed by atoms with E-state index < -0.39 is 0 Å². The second kappa shape index (κ2) is 7.98. The van der Waals surface area contributed by atoms with E-state index in [0.717, 1.165) is 31.7 Å². The number of likely N-dealkylation sites (N-methyl/N-ethyl adjacent to an activating group) is 1. The van der Waals surface area contributed by atoms with Crippen molar-refractivity contribution in [3.8, 4) is 0 Å². The number of aliphatic imine (C=N–C) groups is 1. The van der Waals surface area contributed by atoms with Crippen molar-refractivity contribution in [2.45, 2.75) is 39.2 Å². The van der Waals surface area contributed by atoms with Gasteiger partial charge >= 0.3 is 0 Å². The van der Waals surface area contributed by atoms with Crippen LogP contribution in [0, 0.1) is 6.92 Å². The summed E-state index contributed by atoms with van der Waals surface area (Å²) in [6.45, 7) is 8.11. The maximum Gasteiger partial charge on any atom is 0.188 e. The first-order valence-corrected chi connectivity index (χ1v) is 7.88. The minimum absolute atomic E-state index is 0.554. The molecule has 1 aromatic rings. The first kappa shape index (κ1) is 15.8. The number of pyridine rings is 1. The zero-order valence-corrected chi connectivity index (χ0v) is 13.2. The highest BCUT2D eigenvalue weighted by molar-refractivity contribution is 5.77. The Hall–Kier alpha value is -1.62. The van der Waals surface area contributed by atoms with Gasteiger partial charge in [-0.2, -0.15) is 0 Å². The van der Waals surface area contributed by atoms with Crippen LogP contribution in [0.1, 0.15) is 31.0 Å². The Morgan fingerprint density at radius 2 is 2.38 bits per heavy atom. The van der Waals surface area contributed by atoms with E-state index in [1.54, 1.807) is 0 Å². The quantitative estimate of drug-likeness (QED) is 0.612. The van der Waals surface area contributed by atoms with Crippen LogP contribution in [0.4, 0.5) is 0 Å². The number of guanidine groups is 1. The van der Waals surface area contributed by atoms with E-state index in [1.165, 1.54) is 24.9 Å². The van der Waals surface area contributed by atoms with Crippen LogP contribution >= 0.6 is 0 Å². The Bertz CT molecular complexity index is 454. The highest BCUT2D eigenvalue weighted by atomic mass is 15.2. The van der Waals surface area contributed by atoms with Gasteiger partial charge in [-0.3, -0.25) is 14.9 Å². The molecule has 0 bridgehead atoms. The first-order chi connectivity index (χ1) is 10.2. The number of nitrogens with two attached hydrogens (primary N) is 1. The molecule has 3 N–H and O–H groups in total. The third-order valence-corrected chi connectivity index (χ3v) is 4.07. The van der Waals surface area contributed by atoms with Crippen molar-refractivity contribution in [2.24, 2.45) is 10.7 Å². The topological polar surface area (TPSA) is 66.5 Å². The average molecular weight is 289 g/mol. The molecule has 21 heavy (non-hydrogen) atoms. The molecule has 0 amide bonds. The van der Waals surface area contributed by atoms with Crippen molar-refractivity contribution in [3.05, 3.63) is 29.6 Å². The van der Waals surface area contributed by atoms with Gasteiger partial charge in [-0.25, -0.2) is 0 Å². The maximum absolute atomic E-state index is 5.93. The van der Waals surface area contributed by atoms with Gasteiger partial charge in [0.2, 0.25) is 0 Å². The second-order valence-corrected chi connectivity index (χ2v) is 5.64. The summed E-state index contributed by atoms with van der Waals surface area (Å²) < 4.78 is 0. The summed E-state index contributed by atoms with van der Waals surface area (Å²) in [6, 6.07) is 4.71. The molecular formula is C16H27N5. The van der Waals surface area contributed by atoms with Crippen LogP contribution in [0.3, 0.4) is 0 Å². The summed E-state index contributed by atoms with van der Waals surface area (Å²) in [5.41, 5.74) is 8.19. The van der Waals surface area contributed by atoms with E-state index >= 15 is 0 Å². The van der Waals surface area contributed by atoms with Crippen LogP contribution < -0.4 is 11.1 Å². The fraction of sp³-hybridized carbons (Fsp3) is 0.625. The lowest BCUT2D eigenvalue weighted by Gasteiger charge is -2.20. The van der Waals surface area contributed by atoms with Crippen molar-refractivity contribution in [2.75, 3.05) is 26.2 Å². The van der Waals surface area contributed by atoms with Gasteiger partial charge < -0.3 is 11.1 Å². The zero-order chi connectivity index (χ0) is 15.1. The van der Waals surface area contributed by atoms with Crippen molar-refractivity contribution in [1.82, 2.24) is 15.2 Å². The largest absolute Gasteiger partial charge is 0.370 e. The van der Waals surface area contributed by atoms with Gasteiger partial charge in [-0.05, 0) is 50.9 Å². The highest BCUT2D eigenvalue weighted by Crippen LogP contribution is 2.16. The standard InChI is InChI=1S/C16H27N5/c1-3-21-10-4-5-15(21)12-20-16(17)18-9-8-14-7-6-13(2)19-11-14/h6-7,11,15H,3-5,8-10,12H2,1-2H3,(H3,17,18,20). The smallest absolute Gasteiger partial charge is 0.188 e. The molecule has 1 saturated heterocycles. The highest BCUT2D eigenvalue weighted by Gasteiger charge is 2.22. The molecule has 0 spiro atoms. The van der Waals surface area contributed by atoms with Crippen molar-refractivity contribution in [1.29, 1.82) is 0 Å². The SMILES string of the molecule is CCN1CCCC1CN=C(N)NCCc1ccc(C)nc1. The molecule has 5 nitrogen and oxygen atoms in total. The van der Waals surface area contributed by atoms with Gasteiger partial charge in [-0.1, -0.05) is 13.0 Å². The van der Waals surface area contributed by atoms with E-state index in [-0.39, 0.29) is 0 Å². The van der Waals surface area contributed by atoms with Crippen LogP contribution in [0.25, 0.3) is 0 Å². The average Bonchev–Trinajstić information content (AvgIpc) is 2.95. The summed E-state index contributed by atoms with van der Waals surface area (Å²) in [7, 11) is 0. The fourth-order valence-corrected chi connectivity index (χ4v) is 2.76. The Morgan fingerprint density at radius 3 is 3.10 bits per heavy atom. The second-order valence-electron chi connectivity index (χ2n) is 5.64. The molecule has 0 aliphatic carbocycles. The van der Waals surface area contributed by atoms with E-state index in [4.69, 9.17) is 5.73 Å². The van der Waals surface area contributed by atoms with Crippen LogP contribution in [-0.4, -0.2) is 48.1 Å². The van der Waals surface area contributed by atoms with E-state index in [1.807, 2.05) is 19.2 Å². The Labute approximate surface area is 127 Å². The number of rotatable bonds is 6. The summed E-state index contributed by atoms with van der Waals surface area (Å²) in [6.07, 6.45) is 5.34. The van der Waals surface area contributed by atoms with Gasteiger partial charge in [0, 0.05) is 24.5 Å². The van der Waals surface area contributed by atoms with Crippen molar-refractivity contribution in [3.63, 3.8) is 0 Å². The summed E-state index contributed by atoms with van der Waals surface area (Å²) in [5.74, 6) is 0.554. The lowest BCUT2D eigenvalue weighted by Crippen LogP contribution is -2.36. The molecule has 116 valence electrons. The molecule has 0 aromatic carbocycles. The molecule has 1 aromatic heterocycles. The summed E-state index contributed by atoms with van der Waals surface area (Å²) in [5, 5.41) is 3.18. The molecule has 1 aliphatic rings. The molecule has 0 saturated carbocycles. The molecule has 1 aliphatic heterocycles. The number of nitrogens with zero attached hydrogens (tertiary/aromatic N) is 3. The van der Waals surface area contributed by atoms with Gasteiger partial charge in [-0.15, -0.1) is 0 Å². The number of nitrogens with one attached hydrogen (secondary N) is 1.